The monoisotopic (exact) mass is 598 g/mol. The van der Waals surface area contributed by atoms with Gasteiger partial charge in [0.15, 0.2) is 28.4 Å². The Balaban J connectivity index is 1.56. The Labute approximate surface area is 223 Å². The van der Waals surface area contributed by atoms with Gasteiger partial charge in [0.25, 0.3) is 0 Å². The first kappa shape index (κ1) is 29.1. The van der Waals surface area contributed by atoms with Crippen LogP contribution in [0.15, 0.2) is 36.0 Å². The summed E-state index contributed by atoms with van der Waals surface area (Å²) in [6.07, 6.45) is -4.80. The van der Waals surface area contributed by atoms with Crippen molar-refractivity contribution in [2.45, 2.75) is 42.3 Å². The first-order chi connectivity index (χ1) is 18.0. The second-order valence-corrected chi connectivity index (χ2v) is 12.0. The Hall–Kier alpha value is -1.85. The molecule has 0 aromatic carbocycles. The number of hydrogen-bond donors (Lipinski definition) is 4. The lowest BCUT2D eigenvalue weighted by atomic mass is 10.1. The number of aliphatic hydroxyl groups excluding tert-OH is 2. The average molecular weight is 599 g/mol. The summed E-state index contributed by atoms with van der Waals surface area (Å²) in [5, 5.41) is 24.4. The highest BCUT2D eigenvalue weighted by atomic mass is 32.2. The van der Waals surface area contributed by atoms with Crippen molar-refractivity contribution in [3.63, 3.8) is 0 Å². The molecule has 0 spiro atoms. The molecule has 1 saturated heterocycles. The van der Waals surface area contributed by atoms with E-state index in [0.717, 1.165) is 21.9 Å². The van der Waals surface area contributed by atoms with Gasteiger partial charge < -0.3 is 25.2 Å². The molecule has 3 aromatic heterocycles. The quantitative estimate of drug-likeness (QED) is 0.105. The van der Waals surface area contributed by atoms with Gasteiger partial charge in [-0.2, -0.15) is 24.9 Å². The molecule has 4 heterocycles. The smallest absolute Gasteiger partial charge is 0.387 e. The summed E-state index contributed by atoms with van der Waals surface area (Å²) in [6, 6.07) is 3.08. The Morgan fingerprint density at radius 3 is 2.63 bits per heavy atom. The van der Waals surface area contributed by atoms with Crippen molar-refractivity contribution in [3.8, 4) is 0 Å². The van der Waals surface area contributed by atoms with Crippen LogP contribution in [0.2, 0.25) is 0 Å². The Morgan fingerprint density at radius 2 is 1.95 bits per heavy atom. The zero-order valence-corrected chi connectivity index (χ0v) is 22.5. The summed E-state index contributed by atoms with van der Waals surface area (Å²) in [6.45, 7) is -0.00157. The maximum Gasteiger partial charge on any atom is 0.436 e. The van der Waals surface area contributed by atoms with Crippen LogP contribution >= 0.6 is 31.3 Å². The number of halogens is 3. The number of aliphatic hydroxyl groups is 2. The largest absolute Gasteiger partial charge is 0.436 e. The predicted molar refractivity (Wildman–Crippen MR) is 135 cm³/mol. The number of ether oxygens (including phenoxy) is 1. The molecule has 4 rings (SSSR count). The maximum atomic E-state index is 12.7. The zero-order valence-electron chi connectivity index (χ0n) is 19.9. The van der Waals surface area contributed by atoms with Crippen LogP contribution in [0.5, 0.6) is 0 Å². The molecule has 12 nitrogen and oxygen atoms in total. The number of anilines is 1. The number of thioether (sulfide) groups is 2. The van der Waals surface area contributed by atoms with E-state index >= 15 is 0 Å². The van der Waals surface area contributed by atoms with Crippen molar-refractivity contribution in [2.75, 3.05) is 36.2 Å². The zero-order chi connectivity index (χ0) is 27.5. The highest BCUT2D eigenvalue weighted by molar-refractivity contribution is 7.99. The predicted octanol–water partition coefficient (Wildman–Crippen LogP) is 2.73. The van der Waals surface area contributed by atoms with Crippen LogP contribution in [-0.2, 0) is 13.8 Å². The SMILES string of the molecule is CSCCNc1nc(SCCC(F)(F)F)nc2c1ncn2[C@@H]1O[C@H](COP(=O)(O)n2cccc2)C(O)C1O. The normalized spacial score (nSPS) is 23.7. The van der Waals surface area contributed by atoms with Gasteiger partial charge in [0.05, 0.1) is 19.4 Å². The van der Waals surface area contributed by atoms with Crippen molar-refractivity contribution >= 4 is 48.3 Å². The highest BCUT2D eigenvalue weighted by Crippen LogP contribution is 2.44. The van der Waals surface area contributed by atoms with E-state index in [1.807, 2.05) is 6.26 Å². The number of rotatable bonds is 12. The van der Waals surface area contributed by atoms with Crippen LogP contribution in [0.25, 0.3) is 11.2 Å². The van der Waals surface area contributed by atoms with E-state index in [4.69, 9.17) is 9.26 Å². The molecule has 210 valence electrons. The van der Waals surface area contributed by atoms with Gasteiger partial charge in [-0.3, -0.25) is 13.4 Å². The number of aromatic nitrogens is 5. The highest BCUT2D eigenvalue weighted by Gasteiger charge is 2.45. The van der Waals surface area contributed by atoms with E-state index in [-0.39, 0.29) is 16.6 Å². The van der Waals surface area contributed by atoms with E-state index in [1.54, 1.807) is 23.9 Å². The van der Waals surface area contributed by atoms with Crippen molar-refractivity contribution in [3.05, 3.63) is 30.9 Å². The lowest BCUT2D eigenvalue weighted by Gasteiger charge is -2.18. The third-order valence-corrected chi connectivity index (χ3v) is 8.31. The van der Waals surface area contributed by atoms with Gasteiger partial charge in [-0.15, -0.1) is 0 Å². The number of nitrogens with zero attached hydrogens (tertiary/aromatic N) is 5. The molecule has 5 atom stereocenters. The summed E-state index contributed by atoms with van der Waals surface area (Å²) in [5.41, 5.74) is 0.461. The summed E-state index contributed by atoms with van der Waals surface area (Å²) < 4.78 is 63.6. The van der Waals surface area contributed by atoms with Crippen molar-refractivity contribution in [2.24, 2.45) is 0 Å². The number of fused-ring (bicyclic) bond motifs is 1. The third kappa shape index (κ3) is 6.83. The van der Waals surface area contributed by atoms with Gasteiger partial charge in [-0.05, 0) is 18.4 Å². The Morgan fingerprint density at radius 1 is 1.21 bits per heavy atom. The molecule has 38 heavy (non-hydrogen) atoms. The maximum absolute atomic E-state index is 12.7. The van der Waals surface area contributed by atoms with E-state index < -0.39 is 51.5 Å². The summed E-state index contributed by atoms with van der Waals surface area (Å²) in [5.74, 6) is 0.744. The van der Waals surface area contributed by atoms with Gasteiger partial charge in [0.2, 0.25) is 0 Å². The molecule has 3 aromatic rings. The fraction of sp³-hybridized carbons (Fsp3) is 0.550. The van der Waals surface area contributed by atoms with Gasteiger partial charge in [0, 0.05) is 30.4 Å². The molecule has 0 amide bonds. The minimum absolute atomic E-state index is 0.0658. The summed E-state index contributed by atoms with van der Waals surface area (Å²) in [7, 11) is -4.25. The molecular weight excluding hydrogens is 572 g/mol. The van der Waals surface area contributed by atoms with E-state index in [0.29, 0.717) is 17.9 Å². The van der Waals surface area contributed by atoms with E-state index in [1.165, 1.54) is 23.3 Å². The molecule has 1 aliphatic rings. The van der Waals surface area contributed by atoms with Crippen LogP contribution in [0, 0.1) is 0 Å². The van der Waals surface area contributed by atoms with Crippen molar-refractivity contribution in [1.29, 1.82) is 0 Å². The van der Waals surface area contributed by atoms with Crippen LogP contribution < -0.4 is 5.32 Å². The van der Waals surface area contributed by atoms with Crippen LogP contribution in [0.1, 0.15) is 12.6 Å². The fourth-order valence-corrected chi connectivity index (χ4v) is 5.72. The van der Waals surface area contributed by atoms with E-state index in [9.17, 15) is 32.8 Å². The molecule has 18 heteroatoms. The Bertz CT molecular complexity index is 1270. The van der Waals surface area contributed by atoms with Gasteiger partial charge in [-0.1, -0.05) is 11.8 Å². The molecule has 1 aliphatic heterocycles. The molecule has 0 saturated carbocycles. The van der Waals surface area contributed by atoms with Gasteiger partial charge >= 0.3 is 13.9 Å². The van der Waals surface area contributed by atoms with Gasteiger partial charge in [-0.25, -0.2) is 19.5 Å². The average Bonchev–Trinajstić information content (AvgIpc) is 3.59. The fourth-order valence-electron chi connectivity index (χ4n) is 3.63. The van der Waals surface area contributed by atoms with Crippen molar-refractivity contribution in [1.82, 2.24) is 23.9 Å². The third-order valence-electron chi connectivity index (χ3n) is 5.52. The van der Waals surface area contributed by atoms with Crippen LogP contribution in [0.4, 0.5) is 19.0 Å². The second kappa shape index (κ2) is 12.1. The summed E-state index contributed by atoms with van der Waals surface area (Å²) >= 11 is 2.40. The number of imidazole rings is 1. The van der Waals surface area contributed by atoms with Crippen LogP contribution in [-0.4, -0.2) is 94.4 Å². The lowest BCUT2D eigenvalue weighted by molar-refractivity contribution is -0.129. The number of hydrogen-bond acceptors (Lipinski definition) is 11. The first-order valence-corrected chi connectivity index (χ1v) is 15.2. The van der Waals surface area contributed by atoms with Crippen molar-refractivity contribution < 1.29 is 42.1 Å². The molecule has 0 bridgehead atoms. The molecule has 1 fully saturated rings. The molecule has 4 N–H and O–H groups in total. The minimum atomic E-state index is -4.33. The second-order valence-electron chi connectivity index (χ2n) is 8.21. The van der Waals surface area contributed by atoms with E-state index in [2.05, 4.69) is 20.3 Å². The van der Waals surface area contributed by atoms with Gasteiger partial charge in [0.1, 0.15) is 18.3 Å². The minimum Gasteiger partial charge on any atom is -0.387 e. The topological polar surface area (TPSA) is 157 Å². The standard InChI is InChI=1S/C20H26F3N6O6PS2/c1-37-9-5-24-16-13-17(27-19(26-16)38-8-4-20(21,22)23)29(11-25-13)18-15(31)14(30)12(35-18)10-34-36(32,33)28-6-2-3-7-28/h2-3,6-7,11-12,14-15,18,30-31H,4-5,8-10H2,1H3,(H,32,33)(H,24,26,27)/t12-,14?,15?,18-/m1/s1. The molecule has 3 unspecified atom stereocenters. The lowest BCUT2D eigenvalue weighted by Crippen LogP contribution is -2.33. The Kier molecular flexibility index (Phi) is 9.30. The number of nitrogens with one attached hydrogen (secondary N) is 1. The number of alkyl halides is 3. The molecular formula is C20H26F3N6O6PS2. The first-order valence-electron chi connectivity index (χ1n) is 11.3. The molecule has 0 radical (unpaired) electrons. The van der Waals surface area contributed by atoms with Crippen LogP contribution in [0.3, 0.4) is 0 Å². The summed E-state index contributed by atoms with van der Waals surface area (Å²) in [4.78, 5) is 23.1. The molecule has 0 aliphatic carbocycles.